The van der Waals surface area contributed by atoms with Crippen molar-refractivity contribution in [1.29, 1.82) is 0 Å². The summed E-state index contributed by atoms with van der Waals surface area (Å²) in [6, 6.07) is 27.9. The lowest BCUT2D eigenvalue weighted by Crippen LogP contribution is -2.24. The Morgan fingerprint density at radius 3 is 0.960 bits per heavy atom. The van der Waals surface area contributed by atoms with Crippen LogP contribution in [-0.2, 0) is 21.7 Å². The number of methoxy groups -OCH3 is 2. The second-order valence-electron chi connectivity index (χ2n) is 16.6. The molecule has 50 heavy (non-hydrogen) atoms. The van der Waals surface area contributed by atoms with Crippen LogP contribution in [0.1, 0.15) is 131 Å². The van der Waals surface area contributed by atoms with Crippen molar-refractivity contribution in [2.24, 2.45) is 0 Å². The lowest BCUT2D eigenvalue weighted by molar-refractivity contribution is 0.411. The van der Waals surface area contributed by atoms with Gasteiger partial charge in [0.15, 0.2) is 0 Å². The van der Waals surface area contributed by atoms with E-state index in [2.05, 4.69) is 156 Å². The quantitative estimate of drug-likeness (QED) is 0.114. The molecule has 2 nitrogen and oxygen atoms in total. The first-order valence-electron chi connectivity index (χ1n) is 18.7. The van der Waals surface area contributed by atoms with Gasteiger partial charge in [0.05, 0.1) is 14.2 Å². The predicted molar refractivity (Wildman–Crippen MR) is 226 cm³/mol. The minimum atomic E-state index is 0.0965. The zero-order valence-corrected chi connectivity index (χ0v) is 35.6. The van der Waals surface area contributed by atoms with Gasteiger partial charge in [-0.15, -0.1) is 0 Å². The molecule has 0 heterocycles. The van der Waals surface area contributed by atoms with E-state index < -0.39 is 0 Å². The average molecular weight is 711 g/mol. The van der Waals surface area contributed by atoms with Gasteiger partial charge in [-0.25, -0.2) is 0 Å². The van der Waals surface area contributed by atoms with E-state index in [0.717, 1.165) is 48.3 Å². The molecule has 2 unspecified atom stereocenters. The van der Waals surface area contributed by atoms with Gasteiger partial charge in [0.1, 0.15) is 11.5 Å². The Balaban J connectivity index is 1.95. The summed E-state index contributed by atoms with van der Waals surface area (Å²) >= 11 is 0. The van der Waals surface area contributed by atoms with Crippen molar-refractivity contribution in [2.45, 2.75) is 130 Å². The molecular formula is C46H64O2P2. The van der Waals surface area contributed by atoms with Crippen molar-refractivity contribution in [1.82, 2.24) is 0 Å². The Labute approximate surface area is 309 Å². The molecule has 0 saturated heterocycles. The Kier molecular flexibility index (Phi) is 12.8. The molecule has 4 heteroatoms. The smallest absolute Gasteiger partial charge is 0.127 e. The summed E-state index contributed by atoms with van der Waals surface area (Å²) in [6.45, 7) is 28.2. The summed E-state index contributed by atoms with van der Waals surface area (Å²) in [6.07, 6.45) is 4.37. The van der Waals surface area contributed by atoms with Gasteiger partial charge < -0.3 is 9.47 Å². The molecule has 270 valence electrons. The predicted octanol–water partition coefficient (Wildman–Crippen LogP) is 11.4. The molecule has 0 N–H and O–H groups in total. The maximum absolute atomic E-state index is 6.18. The number of hydrogen-bond acceptors (Lipinski definition) is 2. The second-order valence-corrected chi connectivity index (χ2v) is 19.3. The molecule has 0 saturated carbocycles. The molecule has 0 bridgehead atoms. The van der Waals surface area contributed by atoms with Gasteiger partial charge in [-0.3, -0.25) is 0 Å². The molecule has 0 spiro atoms. The van der Waals surface area contributed by atoms with E-state index in [1.807, 2.05) is 0 Å². The topological polar surface area (TPSA) is 18.5 Å². The fraction of sp³-hybridized carbons (Fsp3) is 0.478. The minimum absolute atomic E-state index is 0.0965. The minimum Gasteiger partial charge on any atom is -0.496 e. The van der Waals surface area contributed by atoms with Crippen LogP contribution < -0.4 is 30.7 Å². The molecule has 0 aliphatic heterocycles. The Bertz CT molecular complexity index is 1580. The molecule has 0 aliphatic carbocycles. The number of ether oxygens (including phenoxy) is 2. The highest BCUT2D eigenvalue weighted by atomic mass is 31.1. The van der Waals surface area contributed by atoms with E-state index in [1.165, 1.54) is 43.5 Å². The van der Waals surface area contributed by atoms with Crippen molar-refractivity contribution < 1.29 is 9.47 Å². The van der Waals surface area contributed by atoms with Crippen molar-refractivity contribution in [2.75, 3.05) is 14.2 Å². The number of hydrogen-bond donors (Lipinski definition) is 0. The summed E-state index contributed by atoms with van der Waals surface area (Å²) in [5, 5.41) is 5.30. The lowest BCUT2D eigenvalue weighted by atomic mass is 9.77. The third kappa shape index (κ3) is 8.68. The SMILES string of the molecule is CCC(C)(C)c1cc(Pc2cccc(OC)c2-c2c(OC)cccc2Pc2cc(C(C)(C)CC)cc(C(C)(C)CC)c2)cc(C(C)(C)CC)c1. The van der Waals surface area contributed by atoms with Crippen LogP contribution in [0, 0.1) is 0 Å². The summed E-state index contributed by atoms with van der Waals surface area (Å²) in [4.78, 5) is 0. The Hall–Kier alpha value is -2.66. The summed E-state index contributed by atoms with van der Waals surface area (Å²) in [5.74, 6) is 1.77. The molecular weight excluding hydrogens is 646 g/mol. The third-order valence-corrected chi connectivity index (χ3v) is 14.4. The van der Waals surface area contributed by atoms with E-state index in [9.17, 15) is 0 Å². The molecule has 0 fully saturated rings. The molecule has 0 amide bonds. The first kappa shape index (κ1) is 40.1. The summed E-state index contributed by atoms with van der Waals surface area (Å²) in [7, 11) is 4.52. The van der Waals surface area contributed by atoms with Gasteiger partial charge in [0.25, 0.3) is 0 Å². The maximum atomic E-state index is 6.18. The molecule has 2 atom stereocenters. The fourth-order valence-corrected chi connectivity index (χ4v) is 8.85. The van der Waals surface area contributed by atoms with Gasteiger partial charge in [0, 0.05) is 11.1 Å². The normalized spacial score (nSPS) is 13.2. The maximum Gasteiger partial charge on any atom is 0.127 e. The molecule has 0 aromatic heterocycles. The average Bonchev–Trinajstić information content (AvgIpc) is 3.11. The summed E-state index contributed by atoms with van der Waals surface area (Å²) < 4.78 is 12.4. The first-order chi connectivity index (χ1) is 23.5. The van der Waals surface area contributed by atoms with E-state index >= 15 is 0 Å². The molecule has 4 aromatic rings. The highest BCUT2D eigenvalue weighted by Gasteiger charge is 2.28. The van der Waals surface area contributed by atoms with Gasteiger partial charge in [-0.05, 0) is 103 Å². The van der Waals surface area contributed by atoms with Crippen LogP contribution in [0.25, 0.3) is 11.1 Å². The highest BCUT2D eigenvalue weighted by molar-refractivity contribution is 7.56. The van der Waals surface area contributed by atoms with Gasteiger partial charge in [-0.1, -0.05) is 161 Å². The Morgan fingerprint density at radius 2 is 0.720 bits per heavy atom. The second kappa shape index (κ2) is 15.9. The molecule has 0 radical (unpaired) electrons. The lowest BCUT2D eigenvalue weighted by Gasteiger charge is -2.30. The van der Waals surface area contributed by atoms with Gasteiger partial charge in [0.2, 0.25) is 0 Å². The standard InChI is InChI=1S/C46H64O2P2/c1-15-43(5,6)31-25-32(44(7,8)16-2)28-35(27-31)49-39-23-19-21-37(47-13)41(39)42-38(48-14)22-20-24-40(42)50-36-29-33(45(9,10)17-3)26-34(30-36)46(11,12)18-4/h19-30,49-50H,15-18H2,1-14H3. The van der Waals surface area contributed by atoms with Crippen LogP contribution in [0.5, 0.6) is 11.5 Å². The molecule has 4 aromatic carbocycles. The van der Waals surface area contributed by atoms with Crippen molar-refractivity contribution in [3.05, 3.63) is 95.1 Å². The van der Waals surface area contributed by atoms with E-state index in [1.54, 1.807) is 14.2 Å². The number of rotatable bonds is 15. The monoisotopic (exact) mass is 710 g/mol. The van der Waals surface area contributed by atoms with Crippen molar-refractivity contribution in [3.8, 4) is 22.6 Å². The third-order valence-electron chi connectivity index (χ3n) is 11.8. The first-order valence-corrected chi connectivity index (χ1v) is 20.7. The fourth-order valence-electron chi connectivity index (χ4n) is 6.22. The van der Waals surface area contributed by atoms with Crippen LogP contribution >= 0.6 is 17.2 Å². The highest BCUT2D eigenvalue weighted by Crippen LogP contribution is 2.41. The van der Waals surface area contributed by atoms with Crippen LogP contribution in [0.3, 0.4) is 0 Å². The van der Waals surface area contributed by atoms with E-state index in [4.69, 9.17) is 9.47 Å². The molecule has 4 rings (SSSR count). The zero-order valence-electron chi connectivity index (χ0n) is 33.6. The zero-order chi connectivity index (χ0) is 37.1. The summed E-state index contributed by atoms with van der Waals surface area (Å²) in [5.41, 5.74) is 8.36. The number of benzene rings is 4. The van der Waals surface area contributed by atoms with Crippen LogP contribution in [0.4, 0.5) is 0 Å². The van der Waals surface area contributed by atoms with Gasteiger partial charge >= 0.3 is 0 Å². The van der Waals surface area contributed by atoms with Crippen molar-refractivity contribution in [3.63, 3.8) is 0 Å². The van der Waals surface area contributed by atoms with Crippen molar-refractivity contribution >= 4 is 38.4 Å². The largest absolute Gasteiger partial charge is 0.496 e. The Morgan fingerprint density at radius 1 is 0.440 bits per heavy atom. The van der Waals surface area contributed by atoms with Gasteiger partial charge in [-0.2, -0.15) is 0 Å². The van der Waals surface area contributed by atoms with E-state index in [0.29, 0.717) is 17.2 Å². The van der Waals surface area contributed by atoms with E-state index in [-0.39, 0.29) is 21.7 Å². The van der Waals surface area contributed by atoms with Crippen LogP contribution in [-0.4, -0.2) is 14.2 Å². The molecule has 0 aliphatic rings. The van der Waals surface area contributed by atoms with Crippen LogP contribution in [0.15, 0.2) is 72.8 Å². The van der Waals surface area contributed by atoms with Crippen LogP contribution in [0.2, 0.25) is 0 Å².